The van der Waals surface area contributed by atoms with Gasteiger partial charge < -0.3 is 9.80 Å². The second-order valence-corrected chi connectivity index (χ2v) is 6.82. The molecule has 1 aliphatic heterocycles. The van der Waals surface area contributed by atoms with E-state index in [-0.39, 0.29) is 18.4 Å². The van der Waals surface area contributed by atoms with Crippen molar-refractivity contribution < 1.29 is 9.59 Å². The number of hydrogen-bond donors (Lipinski definition) is 0. The average Bonchev–Trinajstić information content (AvgIpc) is 2.98. The van der Waals surface area contributed by atoms with Gasteiger partial charge in [-0.2, -0.15) is 0 Å². The number of likely N-dealkylation sites (tertiary alicyclic amines) is 1. The first kappa shape index (κ1) is 13.5. The van der Waals surface area contributed by atoms with E-state index < -0.39 is 0 Å². The smallest absolute Gasteiger partial charge is 0.264 e. The van der Waals surface area contributed by atoms with Crippen molar-refractivity contribution in [1.82, 2.24) is 9.80 Å². The van der Waals surface area contributed by atoms with Crippen molar-refractivity contribution in [3.8, 4) is 0 Å². The number of carbonyl (C=O) groups is 2. The van der Waals surface area contributed by atoms with Gasteiger partial charge in [0.25, 0.3) is 5.91 Å². The third kappa shape index (κ3) is 3.11. The van der Waals surface area contributed by atoms with Crippen LogP contribution in [0, 0.1) is 0 Å². The molecule has 0 N–H and O–H groups in total. The fourth-order valence-corrected chi connectivity index (χ4v) is 3.34. The van der Waals surface area contributed by atoms with E-state index >= 15 is 0 Å². The van der Waals surface area contributed by atoms with Crippen LogP contribution in [0.1, 0.15) is 22.5 Å². The quantitative estimate of drug-likeness (QED) is 0.852. The van der Waals surface area contributed by atoms with E-state index in [1.54, 1.807) is 13.1 Å². The molecule has 0 saturated carbocycles. The van der Waals surface area contributed by atoms with Crippen LogP contribution in [0.5, 0.6) is 0 Å². The number of halogens is 1. The number of carbonyl (C=O) groups excluding carboxylic acids is 2. The maximum absolute atomic E-state index is 12.1. The molecule has 18 heavy (non-hydrogen) atoms. The number of amides is 2. The van der Waals surface area contributed by atoms with Crippen LogP contribution < -0.4 is 0 Å². The lowest BCUT2D eigenvalue weighted by Crippen LogP contribution is -2.39. The maximum Gasteiger partial charge on any atom is 0.264 e. The van der Waals surface area contributed by atoms with Gasteiger partial charge in [-0.05, 0) is 40.9 Å². The molecule has 0 bridgehead atoms. The van der Waals surface area contributed by atoms with Gasteiger partial charge in [0.15, 0.2) is 0 Å². The van der Waals surface area contributed by atoms with Crippen molar-refractivity contribution >= 4 is 39.1 Å². The summed E-state index contributed by atoms with van der Waals surface area (Å²) in [6.07, 6.45) is 2.14. The highest BCUT2D eigenvalue weighted by Crippen LogP contribution is 2.23. The Morgan fingerprint density at radius 2 is 2.06 bits per heavy atom. The molecule has 98 valence electrons. The fourth-order valence-electron chi connectivity index (χ4n) is 1.96. The van der Waals surface area contributed by atoms with Crippen molar-refractivity contribution in [2.45, 2.75) is 12.8 Å². The summed E-state index contributed by atoms with van der Waals surface area (Å²) in [4.78, 5) is 27.9. The summed E-state index contributed by atoms with van der Waals surface area (Å²) < 4.78 is 0.921. The van der Waals surface area contributed by atoms with Gasteiger partial charge in [-0.3, -0.25) is 9.59 Å². The normalized spacial score (nSPS) is 14.9. The van der Waals surface area contributed by atoms with Crippen LogP contribution in [0.15, 0.2) is 15.9 Å². The Labute approximate surface area is 119 Å². The molecule has 2 rings (SSSR count). The Kier molecular flexibility index (Phi) is 4.40. The molecular formula is C12H15BrN2O2S. The standard InChI is InChI=1S/C12H15BrN2O2S/c1-14(8-11(16)15-6-2-3-7-15)12(17)9-4-5-10(13)18-9/h4-5H,2-3,6-8H2,1H3. The molecule has 1 saturated heterocycles. The molecule has 1 fully saturated rings. The zero-order valence-corrected chi connectivity index (χ0v) is 12.6. The highest BCUT2D eigenvalue weighted by Gasteiger charge is 2.22. The second-order valence-electron chi connectivity index (χ2n) is 4.35. The molecule has 2 heterocycles. The Morgan fingerprint density at radius 3 is 2.61 bits per heavy atom. The van der Waals surface area contributed by atoms with Gasteiger partial charge in [0.05, 0.1) is 15.2 Å². The number of likely N-dealkylation sites (N-methyl/N-ethyl adjacent to an activating group) is 1. The van der Waals surface area contributed by atoms with Gasteiger partial charge in [0.1, 0.15) is 0 Å². The monoisotopic (exact) mass is 330 g/mol. The van der Waals surface area contributed by atoms with E-state index in [9.17, 15) is 9.59 Å². The van der Waals surface area contributed by atoms with E-state index in [0.29, 0.717) is 4.88 Å². The lowest BCUT2D eigenvalue weighted by Gasteiger charge is -2.20. The Bertz CT molecular complexity index is 455. The largest absolute Gasteiger partial charge is 0.341 e. The van der Waals surface area contributed by atoms with Gasteiger partial charge in [-0.1, -0.05) is 0 Å². The number of thiophene rings is 1. The molecule has 0 unspecified atom stereocenters. The molecule has 1 aromatic rings. The van der Waals surface area contributed by atoms with E-state index in [2.05, 4.69) is 15.9 Å². The van der Waals surface area contributed by atoms with Crippen LogP contribution in [-0.4, -0.2) is 48.3 Å². The number of hydrogen-bond acceptors (Lipinski definition) is 3. The van der Waals surface area contributed by atoms with E-state index in [4.69, 9.17) is 0 Å². The molecule has 0 atom stereocenters. The molecular weight excluding hydrogens is 316 g/mol. The topological polar surface area (TPSA) is 40.6 Å². The molecule has 0 radical (unpaired) electrons. The molecule has 1 aromatic heterocycles. The zero-order valence-electron chi connectivity index (χ0n) is 10.2. The molecule has 2 amide bonds. The first-order valence-corrected chi connectivity index (χ1v) is 7.47. The second kappa shape index (κ2) is 5.84. The van der Waals surface area contributed by atoms with Crippen molar-refractivity contribution in [3.63, 3.8) is 0 Å². The van der Waals surface area contributed by atoms with Crippen LogP contribution in [0.2, 0.25) is 0 Å². The SMILES string of the molecule is CN(CC(=O)N1CCCC1)C(=O)c1ccc(Br)s1. The minimum atomic E-state index is -0.0988. The first-order valence-electron chi connectivity index (χ1n) is 5.86. The Balaban J connectivity index is 1.92. The molecule has 1 aliphatic rings. The summed E-state index contributed by atoms with van der Waals surface area (Å²) in [6, 6.07) is 3.61. The third-order valence-corrected chi connectivity index (χ3v) is 4.57. The molecule has 6 heteroatoms. The van der Waals surface area contributed by atoms with E-state index in [1.807, 2.05) is 11.0 Å². The summed E-state index contributed by atoms with van der Waals surface area (Å²) in [7, 11) is 1.67. The van der Waals surface area contributed by atoms with Crippen LogP contribution in [0.3, 0.4) is 0 Å². The molecule has 0 aromatic carbocycles. The van der Waals surface area contributed by atoms with Crippen LogP contribution in [0.4, 0.5) is 0 Å². The lowest BCUT2D eigenvalue weighted by molar-refractivity contribution is -0.130. The third-order valence-electron chi connectivity index (χ3n) is 2.96. The molecule has 4 nitrogen and oxygen atoms in total. The molecule has 0 spiro atoms. The van der Waals surface area contributed by atoms with Crippen molar-refractivity contribution in [1.29, 1.82) is 0 Å². The van der Waals surface area contributed by atoms with Gasteiger partial charge in [-0.25, -0.2) is 0 Å². The molecule has 0 aliphatic carbocycles. The first-order chi connectivity index (χ1) is 8.58. The predicted molar refractivity (Wildman–Crippen MR) is 74.8 cm³/mol. The Hall–Kier alpha value is -0.880. The summed E-state index contributed by atoms with van der Waals surface area (Å²) in [5.41, 5.74) is 0. The Morgan fingerprint density at radius 1 is 1.39 bits per heavy atom. The summed E-state index contributed by atoms with van der Waals surface area (Å²) in [5.74, 6) is -0.0581. The van der Waals surface area contributed by atoms with Gasteiger partial charge in [0.2, 0.25) is 5.91 Å². The summed E-state index contributed by atoms with van der Waals surface area (Å²) in [6.45, 7) is 1.81. The maximum atomic E-state index is 12.1. The van der Waals surface area contributed by atoms with Crippen LogP contribution in [-0.2, 0) is 4.79 Å². The average molecular weight is 331 g/mol. The van der Waals surface area contributed by atoms with Gasteiger partial charge in [0, 0.05) is 20.1 Å². The van der Waals surface area contributed by atoms with E-state index in [0.717, 1.165) is 29.7 Å². The van der Waals surface area contributed by atoms with Crippen molar-refractivity contribution in [2.75, 3.05) is 26.7 Å². The highest BCUT2D eigenvalue weighted by molar-refractivity contribution is 9.11. The summed E-state index contributed by atoms with van der Waals surface area (Å²) >= 11 is 4.71. The van der Waals surface area contributed by atoms with Crippen LogP contribution >= 0.6 is 27.3 Å². The van der Waals surface area contributed by atoms with Crippen molar-refractivity contribution in [2.24, 2.45) is 0 Å². The summed E-state index contributed by atoms with van der Waals surface area (Å²) in [5, 5.41) is 0. The van der Waals surface area contributed by atoms with E-state index in [1.165, 1.54) is 16.2 Å². The van der Waals surface area contributed by atoms with Gasteiger partial charge in [-0.15, -0.1) is 11.3 Å². The van der Waals surface area contributed by atoms with Crippen molar-refractivity contribution in [3.05, 3.63) is 20.8 Å². The number of rotatable bonds is 3. The lowest BCUT2D eigenvalue weighted by atomic mass is 10.4. The number of nitrogens with zero attached hydrogens (tertiary/aromatic N) is 2. The minimum absolute atomic E-state index is 0.0407. The van der Waals surface area contributed by atoms with Crippen LogP contribution in [0.25, 0.3) is 0 Å². The van der Waals surface area contributed by atoms with Gasteiger partial charge >= 0.3 is 0 Å². The zero-order chi connectivity index (χ0) is 13.1. The fraction of sp³-hybridized carbons (Fsp3) is 0.500. The minimum Gasteiger partial charge on any atom is -0.341 e. The predicted octanol–water partition coefficient (Wildman–Crippen LogP) is 2.21. The highest BCUT2D eigenvalue weighted by atomic mass is 79.9.